The first kappa shape index (κ1) is 18.9. The largest absolute Gasteiger partial charge is 0.330 e. The van der Waals surface area contributed by atoms with E-state index in [-0.39, 0.29) is 5.78 Å². The highest BCUT2D eigenvalue weighted by Crippen LogP contribution is 2.00. The van der Waals surface area contributed by atoms with Gasteiger partial charge in [0.15, 0.2) is 0 Å². The normalized spacial score (nSPS) is 10.4. The Morgan fingerprint density at radius 3 is 2.06 bits per heavy atom. The fourth-order valence-corrected chi connectivity index (χ4v) is 1.25. The summed E-state index contributed by atoms with van der Waals surface area (Å²) in [7, 11) is 0. The van der Waals surface area contributed by atoms with Gasteiger partial charge in [-0.15, -0.1) is 0 Å². The van der Waals surface area contributed by atoms with Crippen LogP contribution in [0.1, 0.15) is 60.3 Å². The van der Waals surface area contributed by atoms with Crippen LogP contribution in [0.4, 0.5) is 0 Å². The number of hydrogen-bond donors (Lipinski definition) is 2. The third kappa shape index (κ3) is 25.7. The van der Waals surface area contributed by atoms with Gasteiger partial charge < -0.3 is 15.8 Å². The number of nitrogens with one attached hydrogen (secondary N) is 1. The van der Waals surface area contributed by atoms with Crippen LogP contribution in [0.3, 0.4) is 0 Å². The van der Waals surface area contributed by atoms with E-state index in [1.807, 2.05) is 0 Å². The number of ketones is 1. The molecule has 17 heavy (non-hydrogen) atoms. The summed E-state index contributed by atoms with van der Waals surface area (Å²) in [5.74, 6) is 1.11. The van der Waals surface area contributed by atoms with Gasteiger partial charge in [0, 0.05) is 12.5 Å². The summed E-state index contributed by atoms with van der Waals surface area (Å²) in [5, 5.41) is 3.25. The Labute approximate surface area is 108 Å². The van der Waals surface area contributed by atoms with Crippen molar-refractivity contribution in [3.8, 4) is 0 Å². The van der Waals surface area contributed by atoms with Gasteiger partial charge in [0.25, 0.3) is 0 Å². The molecule has 0 bridgehead atoms. The summed E-state index contributed by atoms with van der Waals surface area (Å²) in [6.45, 7) is 12.1. The molecule has 0 aliphatic carbocycles. The summed E-state index contributed by atoms with van der Waals surface area (Å²) in [6, 6.07) is 0.534. The molecule has 3 N–H and O–H groups in total. The zero-order chi connectivity index (χ0) is 13.7. The number of hydrogen-bond acceptors (Lipinski definition) is 3. The van der Waals surface area contributed by atoms with Crippen LogP contribution < -0.4 is 11.1 Å². The van der Waals surface area contributed by atoms with Crippen molar-refractivity contribution >= 4 is 5.78 Å². The fraction of sp³-hybridized carbons (Fsp3) is 0.929. The van der Waals surface area contributed by atoms with Crippen molar-refractivity contribution < 1.29 is 4.79 Å². The minimum atomic E-state index is 0.283. The maximum absolute atomic E-state index is 10.5. The molecule has 0 aliphatic rings. The van der Waals surface area contributed by atoms with E-state index in [0.717, 1.165) is 25.4 Å². The molecule has 0 rings (SSSR count). The van der Waals surface area contributed by atoms with Crippen molar-refractivity contribution in [2.75, 3.05) is 13.1 Å². The standard InChI is InChI=1S/C8H17NO.C6H15N/c1-7(2)9-6-4-5-8(3)10;1-6(2)4-3-5-7/h7,9H,4-6H2,1-3H3;6H,3-5,7H2,1-2H3. The number of carbonyl (C=O) groups is 1. The summed E-state index contributed by atoms with van der Waals surface area (Å²) >= 11 is 0. The minimum Gasteiger partial charge on any atom is -0.330 e. The second-order valence-corrected chi connectivity index (χ2v) is 5.24. The predicted molar refractivity (Wildman–Crippen MR) is 76.2 cm³/mol. The van der Waals surface area contributed by atoms with Crippen LogP contribution in [0, 0.1) is 5.92 Å². The molecule has 3 nitrogen and oxygen atoms in total. The first-order valence-corrected chi connectivity index (χ1v) is 6.83. The number of nitrogens with two attached hydrogens (primary N) is 1. The lowest BCUT2D eigenvalue weighted by molar-refractivity contribution is -0.117. The quantitative estimate of drug-likeness (QED) is 0.646. The molecule has 0 atom stereocenters. The van der Waals surface area contributed by atoms with Crippen molar-refractivity contribution in [3.63, 3.8) is 0 Å². The number of Topliss-reactive ketones (excluding diaryl/α,β-unsaturated/α-hetero) is 1. The molecule has 0 saturated heterocycles. The highest BCUT2D eigenvalue weighted by atomic mass is 16.1. The Bertz CT molecular complexity index is 168. The monoisotopic (exact) mass is 244 g/mol. The van der Waals surface area contributed by atoms with Gasteiger partial charge in [0.1, 0.15) is 5.78 Å². The van der Waals surface area contributed by atoms with Crippen LogP contribution >= 0.6 is 0 Å². The van der Waals surface area contributed by atoms with E-state index in [9.17, 15) is 4.79 Å². The Balaban J connectivity index is 0. The van der Waals surface area contributed by atoms with Crippen molar-refractivity contribution in [1.82, 2.24) is 5.32 Å². The van der Waals surface area contributed by atoms with E-state index in [2.05, 4.69) is 33.0 Å². The molecule has 0 radical (unpaired) electrons. The van der Waals surface area contributed by atoms with Crippen molar-refractivity contribution in [3.05, 3.63) is 0 Å². The molecule has 0 aliphatic heterocycles. The topological polar surface area (TPSA) is 55.1 Å². The molecule has 0 aromatic rings. The lowest BCUT2D eigenvalue weighted by atomic mass is 10.1. The summed E-state index contributed by atoms with van der Waals surface area (Å²) in [5.41, 5.74) is 5.28. The molecule has 0 aromatic carbocycles. The SMILES string of the molecule is CC(=O)CCCNC(C)C.CC(C)CCCN. The molecule has 0 amide bonds. The first-order chi connectivity index (χ1) is 7.90. The zero-order valence-electron chi connectivity index (χ0n) is 12.4. The van der Waals surface area contributed by atoms with Gasteiger partial charge in [0.05, 0.1) is 0 Å². The highest BCUT2D eigenvalue weighted by Gasteiger charge is 1.94. The molecule has 104 valence electrons. The second-order valence-electron chi connectivity index (χ2n) is 5.24. The van der Waals surface area contributed by atoms with E-state index < -0.39 is 0 Å². The van der Waals surface area contributed by atoms with E-state index in [0.29, 0.717) is 12.5 Å². The van der Waals surface area contributed by atoms with Crippen LogP contribution in [0.5, 0.6) is 0 Å². The van der Waals surface area contributed by atoms with Crippen LogP contribution in [-0.4, -0.2) is 24.9 Å². The highest BCUT2D eigenvalue weighted by molar-refractivity contribution is 5.75. The lowest BCUT2D eigenvalue weighted by Gasteiger charge is -2.05. The van der Waals surface area contributed by atoms with Gasteiger partial charge in [-0.2, -0.15) is 0 Å². The summed E-state index contributed by atoms with van der Waals surface area (Å²) < 4.78 is 0. The summed E-state index contributed by atoms with van der Waals surface area (Å²) in [4.78, 5) is 10.5. The number of rotatable bonds is 8. The van der Waals surface area contributed by atoms with Gasteiger partial charge in [0.2, 0.25) is 0 Å². The van der Waals surface area contributed by atoms with Crippen LogP contribution in [0.2, 0.25) is 0 Å². The van der Waals surface area contributed by atoms with Crippen LogP contribution in [0.15, 0.2) is 0 Å². The average molecular weight is 244 g/mol. The van der Waals surface area contributed by atoms with E-state index in [1.54, 1.807) is 6.92 Å². The van der Waals surface area contributed by atoms with Gasteiger partial charge >= 0.3 is 0 Å². The Morgan fingerprint density at radius 2 is 1.76 bits per heavy atom. The van der Waals surface area contributed by atoms with Gasteiger partial charge in [-0.1, -0.05) is 27.7 Å². The van der Waals surface area contributed by atoms with E-state index in [1.165, 1.54) is 12.8 Å². The second kappa shape index (κ2) is 13.7. The van der Waals surface area contributed by atoms with E-state index >= 15 is 0 Å². The molecule has 0 spiro atoms. The third-order valence-electron chi connectivity index (χ3n) is 2.24. The Hall–Kier alpha value is -0.410. The van der Waals surface area contributed by atoms with Crippen LogP contribution in [-0.2, 0) is 4.79 Å². The molecule has 0 fully saturated rings. The maximum Gasteiger partial charge on any atom is 0.129 e. The molecule has 0 aromatic heterocycles. The predicted octanol–water partition coefficient (Wildman–Crippen LogP) is 2.73. The van der Waals surface area contributed by atoms with Crippen molar-refractivity contribution in [2.24, 2.45) is 11.7 Å². The zero-order valence-corrected chi connectivity index (χ0v) is 12.4. The minimum absolute atomic E-state index is 0.283. The Morgan fingerprint density at radius 1 is 1.18 bits per heavy atom. The number of carbonyl (C=O) groups excluding carboxylic acids is 1. The molecule has 3 heteroatoms. The van der Waals surface area contributed by atoms with Crippen molar-refractivity contribution in [1.29, 1.82) is 0 Å². The van der Waals surface area contributed by atoms with Crippen LogP contribution in [0.25, 0.3) is 0 Å². The fourth-order valence-electron chi connectivity index (χ4n) is 1.25. The third-order valence-corrected chi connectivity index (χ3v) is 2.24. The average Bonchev–Trinajstić information content (AvgIpc) is 2.22. The molecular formula is C14H32N2O. The van der Waals surface area contributed by atoms with Crippen molar-refractivity contribution in [2.45, 2.75) is 66.3 Å². The molecule has 0 saturated carbocycles. The molecule has 0 unspecified atom stereocenters. The first-order valence-electron chi connectivity index (χ1n) is 6.83. The smallest absolute Gasteiger partial charge is 0.129 e. The summed E-state index contributed by atoms with van der Waals surface area (Å²) in [6.07, 6.45) is 4.13. The van der Waals surface area contributed by atoms with Gasteiger partial charge in [-0.25, -0.2) is 0 Å². The van der Waals surface area contributed by atoms with Gasteiger partial charge in [-0.05, 0) is 45.2 Å². The molecule has 0 heterocycles. The molecular weight excluding hydrogens is 212 g/mol. The van der Waals surface area contributed by atoms with E-state index in [4.69, 9.17) is 5.73 Å². The Kier molecular flexibility index (Phi) is 15.2. The lowest BCUT2D eigenvalue weighted by Crippen LogP contribution is -2.23. The van der Waals surface area contributed by atoms with Gasteiger partial charge in [-0.3, -0.25) is 0 Å². The maximum atomic E-state index is 10.5.